The second-order valence-electron chi connectivity index (χ2n) is 4.98. The molecule has 0 radical (unpaired) electrons. The number of alkyl halides is 1. The topological polar surface area (TPSA) is 0 Å². The molecule has 0 amide bonds. The highest BCUT2D eigenvalue weighted by atomic mass is 35.5. The van der Waals surface area contributed by atoms with Gasteiger partial charge in [0.2, 0.25) is 0 Å². The highest BCUT2D eigenvalue weighted by molar-refractivity contribution is 6.25. The highest BCUT2D eigenvalue weighted by Crippen LogP contribution is 2.64. The maximum atomic E-state index is 6.58. The molecule has 3 unspecified atom stereocenters. The third-order valence-corrected chi connectivity index (χ3v) is 5.33. The van der Waals surface area contributed by atoms with Crippen molar-refractivity contribution in [3.05, 3.63) is 0 Å². The minimum absolute atomic E-state index is 0.150. The molecule has 11 heavy (non-hydrogen) atoms. The molecule has 0 spiro atoms. The van der Waals surface area contributed by atoms with Crippen LogP contribution < -0.4 is 0 Å². The standard InChI is InChI=1S/C10H17Cl/c1-7-8-4-5-10(11,6-8)9(7,2)3/h7-8H,4-6H2,1-3H3. The van der Waals surface area contributed by atoms with Crippen LogP contribution in [0.2, 0.25) is 0 Å². The van der Waals surface area contributed by atoms with E-state index in [0.717, 1.165) is 11.8 Å². The van der Waals surface area contributed by atoms with E-state index < -0.39 is 0 Å². The predicted molar refractivity (Wildman–Crippen MR) is 48.9 cm³/mol. The van der Waals surface area contributed by atoms with Gasteiger partial charge in [0.1, 0.15) is 0 Å². The van der Waals surface area contributed by atoms with Crippen molar-refractivity contribution >= 4 is 11.6 Å². The van der Waals surface area contributed by atoms with Crippen LogP contribution in [0.1, 0.15) is 40.0 Å². The first-order valence-corrected chi connectivity index (χ1v) is 5.04. The highest BCUT2D eigenvalue weighted by Gasteiger charge is 2.59. The zero-order valence-electron chi connectivity index (χ0n) is 7.65. The molecule has 2 fully saturated rings. The molecule has 2 bridgehead atoms. The summed E-state index contributed by atoms with van der Waals surface area (Å²) in [5.74, 6) is 1.75. The molecule has 0 aromatic heterocycles. The molecule has 0 N–H and O–H groups in total. The first-order chi connectivity index (χ1) is 4.97. The van der Waals surface area contributed by atoms with Gasteiger partial charge < -0.3 is 0 Å². The summed E-state index contributed by atoms with van der Waals surface area (Å²) in [4.78, 5) is 0.150. The Morgan fingerprint density at radius 1 is 1.36 bits per heavy atom. The molecule has 0 nitrogen and oxygen atoms in total. The Morgan fingerprint density at radius 2 is 2.00 bits per heavy atom. The number of hydrogen-bond donors (Lipinski definition) is 0. The average molecular weight is 173 g/mol. The number of halogens is 1. The fraction of sp³-hybridized carbons (Fsp3) is 1.00. The van der Waals surface area contributed by atoms with E-state index in [1.807, 2.05) is 0 Å². The van der Waals surface area contributed by atoms with E-state index in [4.69, 9.17) is 11.6 Å². The van der Waals surface area contributed by atoms with Gasteiger partial charge in [0.15, 0.2) is 0 Å². The van der Waals surface area contributed by atoms with Gasteiger partial charge in [-0.1, -0.05) is 20.8 Å². The van der Waals surface area contributed by atoms with Gasteiger partial charge in [-0.3, -0.25) is 0 Å². The zero-order chi connectivity index (χ0) is 8.28. The van der Waals surface area contributed by atoms with E-state index in [-0.39, 0.29) is 4.87 Å². The first-order valence-electron chi connectivity index (χ1n) is 4.66. The van der Waals surface area contributed by atoms with E-state index in [2.05, 4.69) is 20.8 Å². The fourth-order valence-electron chi connectivity index (χ4n) is 3.04. The summed E-state index contributed by atoms with van der Waals surface area (Å²) < 4.78 is 0. The summed E-state index contributed by atoms with van der Waals surface area (Å²) >= 11 is 6.58. The molecule has 2 rings (SSSR count). The normalized spacial score (nSPS) is 53.5. The van der Waals surface area contributed by atoms with Crippen molar-refractivity contribution in [1.82, 2.24) is 0 Å². The first kappa shape index (κ1) is 7.91. The van der Waals surface area contributed by atoms with Gasteiger partial charge in [0.25, 0.3) is 0 Å². The minimum Gasteiger partial charge on any atom is -0.119 e. The van der Waals surface area contributed by atoms with Gasteiger partial charge in [-0.2, -0.15) is 0 Å². The van der Waals surface area contributed by atoms with Gasteiger partial charge in [-0.15, -0.1) is 11.6 Å². The summed E-state index contributed by atoms with van der Waals surface area (Å²) in [5, 5.41) is 0. The molecule has 2 saturated carbocycles. The number of fused-ring (bicyclic) bond motifs is 2. The van der Waals surface area contributed by atoms with Crippen LogP contribution in [-0.2, 0) is 0 Å². The van der Waals surface area contributed by atoms with Crippen LogP contribution in [0.4, 0.5) is 0 Å². The molecule has 64 valence electrons. The quantitative estimate of drug-likeness (QED) is 0.491. The Kier molecular flexibility index (Phi) is 1.41. The largest absolute Gasteiger partial charge is 0.119 e. The Morgan fingerprint density at radius 3 is 2.27 bits per heavy atom. The van der Waals surface area contributed by atoms with Crippen molar-refractivity contribution in [2.75, 3.05) is 0 Å². The van der Waals surface area contributed by atoms with E-state index in [0.29, 0.717) is 5.41 Å². The third-order valence-electron chi connectivity index (χ3n) is 4.50. The summed E-state index contributed by atoms with van der Waals surface area (Å²) in [6, 6.07) is 0. The molecule has 0 saturated heterocycles. The van der Waals surface area contributed by atoms with Crippen LogP contribution in [0.3, 0.4) is 0 Å². The lowest BCUT2D eigenvalue weighted by atomic mass is 9.69. The Labute approximate surface area is 74.3 Å². The van der Waals surface area contributed by atoms with Crippen LogP contribution in [0.15, 0.2) is 0 Å². The number of rotatable bonds is 0. The van der Waals surface area contributed by atoms with Crippen molar-refractivity contribution < 1.29 is 0 Å². The van der Waals surface area contributed by atoms with E-state index >= 15 is 0 Å². The lowest BCUT2D eigenvalue weighted by molar-refractivity contribution is 0.153. The summed E-state index contributed by atoms with van der Waals surface area (Å²) in [7, 11) is 0. The van der Waals surface area contributed by atoms with Gasteiger partial charge >= 0.3 is 0 Å². The molecule has 0 aromatic rings. The smallest absolute Gasteiger partial charge is 0.0503 e. The second kappa shape index (κ2) is 1.96. The van der Waals surface area contributed by atoms with Crippen molar-refractivity contribution in [3.8, 4) is 0 Å². The van der Waals surface area contributed by atoms with Crippen molar-refractivity contribution in [1.29, 1.82) is 0 Å². The van der Waals surface area contributed by atoms with Crippen LogP contribution in [0.5, 0.6) is 0 Å². The van der Waals surface area contributed by atoms with Gasteiger partial charge in [-0.25, -0.2) is 0 Å². The third kappa shape index (κ3) is 0.771. The fourth-order valence-corrected chi connectivity index (χ4v) is 3.52. The maximum absolute atomic E-state index is 6.58. The van der Waals surface area contributed by atoms with E-state index in [1.165, 1.54) is 19.3 Å². The monoisotopic (exact) mass is 172 g/mol. The predicted octanol–water partition coefficient (Wildman–Crippen LogP) is 3.44. The molecule has 0 aromatic carbocycles. The Balaban J connectivity index is 2.36. The summed E-state index contributed by atoms with van der Waals surface area (Å²) in [5.41, 5.74) is 0.372. The van der Waals surface area contributed by atoms with Gasteiger partial charge in [0, 0.05) is 0 Å². The van der Waals surface area contributed by atoms with Crippen LogP contribution in [0.25, 0.3) is 0 Å². The zero-order valence-corrected chi connectivity index (χ0v) is 8.41. The minimum atomic E-state index is 0.150. The Hall–Kier alpha value is 0.290. The molecule has 0 heterocycles. The molecule has 1 heteroatoms. The van der Waals surface area contributed by atoms with Crippen LogP contribution in [0, 0.1) is 17.3 Å². The van der Waals surface area contributed by atoms with Gasteiger partial charge in [-0.05, 0) is 36.5 Å². The molecular formula is C10H17Cl. The summed E-state index contributed by atoms with van der Waals surface area (Å²) in [6.45, 7) is 7.04. The van der Waals surface area contributed by atoms with Crippen molar-refractivity contribution in [3.63, 3.8) is 0 Å². The SMILES string of the molecule is CC1C2CCC(Cl)(C2)C1(C)C. The molecule has 2 aliphatic carbocycles. The molecular weight excluding hydrogens is 156 g/mol. The van der Waals surface area contributed by atoms with Crippen molar-refractivity contribution in [2.45, 2.75) is 44.9 Å². The summed E-state index contributed by atoms with van der Waals surface area (Å²) in [6.07, 6.45) is 3.88. The van der Waals surface area contributed by atoms with Gasteiger partial charge in [0.05, 0.1) is 4.87 Å². The van der Waals surface area contributed by atoms with Crippen LogP contribution in [-0.4, -0.2) is 4.87 Å². The van der Waals surface area contributed by atoms with Crippen LogP contribution >= 0.6 is 11.6 Å². The van der Waals surface area contributed by atoms with Crippen molar-refractivity contribution in [2.24, 2.45) is 17.3 Å². The molecule has 0 aliphatic heterocycles. The lowest BCUT2D eigenvalue weighted by Crippen LogP contribution is -2.39. The molecule has 3 atom stereocenters. The maximum Gasteiger partial charge on any atom is 0.0503 e. The van der Waals surface area contributed by atoms with E-state index in [9.17, 15) is 0 Å². The molecule has 2 aliphatic rings. The lowest BCUT2D eigenvalue weighted by Gasteiger charge is -2.41. The number of hydrogen-bond acceptors (Lipinski definition) is 0. The second-order valence-corrected chi connectivity index (χ2v) is 5.70. The average Bonchev–Trinajstić information content (AvgIpc) is 2.36. The Bertz CT molecular complexity index is 183. The van der Waals surface area contributed by atoms with E-state index in [1.54, 1.807) is 0 Å².